The van der Waals surface area contributed by atoms with Gasteiger partial charge in [-0.05, 0) is 35.5 Å². The maximum absolute atomic E-state index is 12.1. The van der Waals surface area contributed by atoms with Crippen molar-refractivity contribution in [1.82, 2.24) is 0 Å². The van der Waals surface area contributed by atoms with Crippen molar-refractivity contribution >= 4 is 5.97 Å². The van der Waals surface area contributed by atoms with Crippen LogP contribution in [-0.4, -0.2) is 18.9 Å². The molecule has 2 aromatic carbocycles. The summed E-state index contributed by atoms with van der Waals surface area (Å²) in [7, 11) is 1.40. The van der Waals surface area contributed by atoms with Crippen LogP contribution < -0.4 is 0 Å². The number of benzene rings is 2. The van der Waals surface area contributed by atoms with Gasteiger partial charge in [0.2, 0.25) is 0 Å². The summed E-state index contributed by atoms with van der Waals surface area (Å²) >= 11 is 0. The maximum atomic E-state index is 12.1. The van der Waals surface area contributed by atoms with E-state index in [1.165, 1.54) is 7.11 Å². The topological polar surface area (TPSA) is 44.8 Å². The van der Waals surface area contributed by atoms with Gasteiger partial charge >= 0.3 is 5.97 Å². The molecule has 4 rings (SSSR count). The monoisotopic (exact) mass is 392 g/mol. The molecule has 3 atom stereocenters. The highest BCUT2D eigenvalue weighted by Crippen LogP contribution is 2.53. The molecule has 0 aromatic heterocycles. The summed E-state index contributed by atoms with van der Waals surface area (Å²) < 4.78 is 18.4. The average Bonchev–Trinajstić information content (AvgIpc) is 3.08. The van der Waals surface area contributed by atoms with Gasteiger partial charge in [-0.3, -0.25) is 0 Å². The first-order valence-electron chi connectivity index (χ1n) is 10.4. The van der Waals surface area contributed by atoms with Crippen LogP contribution in [-0.2, 0) is 19.0 Å². The zero-order chi connectivity index (χ0) is 20.3. The Balaban J connectivity index is 1.78. The molecule has 1 spiro atoms. The lowest BCUT2D eigenvalue weighted by molar-refractivity contribution is -0.154. The number of hydrogen-bond donors (Lipinski definition) is 0. The molecule has 29 heavy (non-hydrogen) atoms. The minimum atomic E-state index is -0.903. The molecular formula is C25H28O4. The average molecular weight is 392 g/mol. The van der Waals surface area contributed by atoms with Gasteiger partial charge < -0.3 is 14.2 Å². The van der Waals surface area contributed by atoms with E-state index in [0.29, 0.717) is 5.92 Å². The fourth-order valence-electron chi connectivity index (χ4n) is 4.45. The van der Waals surface area contributed by atoms with Gasteiger partial charge in [0.25, 0.3) is 0 Å². The van der Waals surface area contributed by atoms with Gasteiger partial charge in [-0.2, -0.15) is 0 Å². The summed E-state index contributed by atoms with van der Waals surface area (Å²) in [6.45, 7) is 2.21. The standard InChI is InChI=1S/C25H28O4/c1-18-10-9-15-25(21(16-18)17-22(26)27-2)28-23(19-11-5-3-6-12-19)24(29-25)20-13-7-4-8-14-20/h3-8,11-14,17-18,23-24H,9-10,15-16H2,1-2H3/b21-17+/t18?,23-,24-/m1/s1. The number of carbonyl (C=O) groups is 1. The van der Waals surface area contributed by atoms with Crippen LogP contribution >= 0.6 is 0 Å². The molecular weight excluding hydrogens is 364 g/mol. The third-order valence-electron chi connectivity index (χ3n) is 5.92. The van der Waals surface area contributed by atoms with Crippen molar-refractivity contribution in [2.75, 3.05) is 7.11 Å². The van der Waals surface area contributed by atoms with Crippen molar-refractivity contribution in [2.24, 2.45) is 5.92 Å². The lowest BCUT2D eigenvalue weighted by Gasteiger charge is -2.30. The van der Waals surface area contributed by atoms with E-state index in [1.54, 1.807) is 6.08 Å². The largest absolute Gasteiger partial charge is 0.466 e. The fraction of sp³-hybridized carbons (Fsp3) is 0.400. The molecule has 0 N–H and O–H groups in total. The second-order valence-electron chi connectivity index (χ2n) is 8.05. The van der Waals surface area contributed by atoms with Crippen molar-refractivity contribution < 1.29 is 19.0 Å². The highest BCUT2D eigenvalue weighted by molar-refractivity contribution is 5.83. The zero-order valence-electron chi connectivity index (χ0n) is 17.0. The normalized spacial score (nSPS) is 27.7. The fourth-order valence-corrected chi connectivity index (χ4v) is 4.45. The number of carbonyl (C=O) groups excluding carboxylic acids is 1. The van der Waals surface area contributed by atoms with Crippen LogP contribution in [0.3, 0.4) is 0 Å². The van der Waals surface area contributed by atoms with Crippen LogP contribution in [0.5, 0.6) is 0 Å². The van der Waals surface area contributed by atoms with Crippen molar-refractivity contribution in [1.29, 1.82) is 0 Å². The summed E-state index contributed by atoms with van der Waals surface area (Å²) in [4.78, 5) is 12.1. The van der Waals surface area contributed by atoms with E-state index in [4.69, 9.17) is 14.2 Å². The number of rotatable bonds is 3. The first-order valence-corrected chi connectivity index (χ1v) is 10.4. The van der Waals surface area contributed by atoms with Crippen LogP contribution in [0.15, 0.2) is 72.3 Å². The van der Waals surface area contributed by atoms with Gasteiger partial charge in [0, 0.05) is 12.5 Å². The molecule has 1 heterocycles. The van der Waals surface area contributed by atoms with Crippen molar-refractivity contribution in [3.05, 3.63) is 83.4 Å². The van der Waals surface area contributed by atoms with Gasteiger partial charge in [0.05, 0.1) is 7.11 Å². The summed E-state index contributed by atoms with van der Waals surface area (Å²) in [5, 5.41) is 0. The van der Waals surface area contributed by atoms with Gasteiger partial charge in [-0.25, -0.2) is 4.79 Å². The summed E-state index contributed by atoms with van der Waals surface area (Å²) in [5.41, 5.74) is 3.04. The minimum Gasteiger partial charge on any atom is -0.466 e. The van der Waals surface area contributed by atoms with E-state index < -0.39 is 5.79 Å². The molecule has 1 saturated carbocycles. The quantitative estimate of drug-likeness (QED) is 0.509. The number of ether oxygens (including phenoxy) is 3. The van der Waals surface area contributed by atoms with Crippen LogP contribution in [0.4, 0.5) is 0 Å². The molecule has 2 fully saturated rings. The van der Waals surface area contributed by atoms with E-state index in [0.717, 1.165) is 42.4 Å². The second kappa shape index (κ2) is 8.52. The number of methoxy groups -OCH3 is 1. The van der Waals surface area contributed by atoms with Gasteiger partial charge in [-0.1, -0.05) is 74.0 Å². The third-order valence-corrected chi connectivity index (χ3v) is 5.92. The summed E-state index contributed by atoms with van der Waals surface area (Å²) in [6, 6.07) is 20.4. The van der Waals surface area contributed by atoms with Crippen LogP contribution in [0.1, 0.15) is 55.9 Å². The lowest BCUT2D eigenvalue weighted by Crippen LogP contribution is -2.33. The Morgan fingerprint density at radius 1 is 1.00 bits per heavy atom. The van der Waals surface area contributed by atoms with Gasteiger partial charge in [-0.15, -0.1) is 0 Å². The first-order chi connectivity index (χ1) is 14.1. The third kappa shape index (κ3) is 4.14. The van der Waals surface area contributed by atoms with E-state index in [-0.39, 0.29) is 18.2 Å². The van der Waals surface area contributed by atoms with Crippen molar-refractivity contribution in [2.45, 2.75) is 50.6 Å². The molecule has 2 aliphatic rings. The van der Waals surface area contributed by atoms with Gasteiger partial charge in [0.15, 0.2) is 5.79 Å². The second-order valence-corrected chi connectivity index (χ2v) is 8.05. The van der Waals surface area contributed by atoms with E-state index in [1.807, 2.05) is 36.4 Å². The molecule has 4 heteroatoms. The van der Waals surface area contributed by atoms with Gasteiger partial charge in [0.1, 0.15) is 12.2 Å². The molecule has 4 nitrogen and oxygen atoms in total. The van der Waals surface area contributed by atoms with Crippen LogP contribution in [0, 0.1) is 5.92 Å². The summed E-state index contributed by atoms with van der Waals surface area (Å²) in [6.07, 6.45) is 4.66. The zero-order valence-corrected chi connectivity index (χ0v) is 17.0. The lowest BCUT2D eigenvalue weighted by atomic mass is 9.96. The highest BCUT2D eigenvalue weighted by atomic mass is 16.8. The molecule has 0 bridgehead atoms. The Morgan fingerprint density at radius 2 is 1.55 bits per heavy atom. The maximum Gasteiger partial charge on any atom is 0.330 e. The Labute approximate surface area is 172 Å². The summed E-state index contributed by atoms with van der Waals surface area (Å²) in [5.74, 6) is -0.802. The molecule has 1 aliphatic carbocycles. The molecule has 1 unspecified atom stereocenters. The van der Waals surface area contributed by atoms with Crippen molar-refractivity contribution in [3.8, 4) is 0 Å². The van der Waals surface area contributed by atoms with E-state index in [2.05, 4.69) is 31.2 Å². The molecule has 2 aromatic rings. The molecule has 1 saturated heterocycles. The number of esters is 1. The number of hydrogen-bond acceptors (Lipinski definition) is 4. The smallest absolute Gasteiger partial charge is 0.330 e. The predicted molar refractivity (Wildman–Crippen MR) is 111 cm³/mol. The molecule has 0 radical (unpaired) electrons. The molecule has 1 aliphatic heterocycles. The van der Waals surface area contributed by atoms with E-state index >= 15 is 0 Å². The van der Waals surface area contributed by atoms with Crippen LogP contribution in [0.25, 0.3) is 0 Å². The molecule has 0 amide bonds. The van der Waals surface area contributed by atoms with E-state index in [9.17, 15) is 4.79 Å². The minimum absolute atomic E-state index is 0.243. The highest BCUT2D eigenvalue weighted by Gasteiger charge is 2.51. The SMILES string of the molecule is COC(=O)/C=C1\CC(C)CCCC12O[C@H](c1ccccc1)[C@@H](c1ccccc1)O2. The van der Waals surface area contributed by atoms with Crippen molar-refractivity contribution in [3.63, 3.8) is 0 Å². The Kier molecular flexibility index (Phi) is 5.84. The Bertz CT molecular complexity index is 811. The Hall–Kier alpha value is -2.43. The Morgan fingerprint density at radius 3 is 2.07 bits per heavy atom. The molecule has 152 valence electrons. The predicted octanol–water partition coefficient (Wildman–Crippen LogP) is 5.52. The van der Waals surface area contributed by atoms with Crippen LogP contribution in [0.2, 0.25) is 0 Å². The first kappa shape index (κ1) is 19.9.